The smallest absolute Gasteiger partial charge is 0.311 e. The van der Waals surface area contributed by atoms with Crippen molar-refractivity contribution in [3.05, 3.63) is 58.1 Å². The highest BCUT2D eigenvalue weighted by atomic mass is 32.2. The third kappa shape index (κ3) is 4.90. The van der Waals surface area contributed by atoms with Crippen LogP contribution >= 0.6 is 0 Å². The van der Waals surface area contributed by atoms with E-state index in [-0.39, 0.29) is 16.3 Å². The first kappa shape index (κ1) is 20.7. The molecule has 29 heavy (non-hydrogen) atoms. The predicted molar refractivity (Wildman–Crippen MR) is 106 cm³/mol. The van der Waals surface area contributed by atoms with Gasteiger partial charge in [0.25, 0.3) is 5.91 Å². The molecule has 1 aliphatic rings. The van der Waals surface area contributed by atoms with Crippen molar-refractivity contribution in [2.75, 3.05) is 25.0 Å². The van der Waals surface area contributed by atoms with Gasteiger partial charge in [0.05, 0.1) is 9.82 Å². The molecule has 1 N–H and O–H groups in total. The molecule has 1 aliphatic heterocycles. The van der Waals surface area contributed by atoms with Crippen LogP contribution in [0.4, 0.5) is 11.4 Å². The first-order chi connectivity index (χ1) is 13.8. The lowest BCUT2D eigenvalue weighted by molar-refractivity contribution is -0.385. The molecule has 1 fully saturated rings. The molecule has 0 unspecified atom stereocenters. The number of nitrogens with zero attached hydrogens (tertiary/aromatic N) is 2. The maximum Gasteiger partial charge on any atom is 0.311 e. The topological polar surface area (TPSA) is 119 Å². The molecule has 0 bridgehead atoms. The van der Waals surface area contributed by atoms with Crippen LogP contribution in [0.3, 0.4) is 0 Å². The van der Waals surface area contributed by atoms with Crippen molar-refractivity contribution < 1.29 is 22.9 Å². The molecule has 0 saturated carbocycles. The first-order valence-corrected chi connectivity index (χ1v) is 10.5. The summed E-state index contributed by atoms with van der Waals surface area (Å²) in [6.45, 7) is 2.24. The van der Waals surface area contributed by atoms with E-state index in [2.05, 4.69) is 5.32 Å². The SMILES string of the molecule is Cc1ccc(OCC(=O)Nc2cccc(S(=O)(=O)N3CCCC3)c2)c([N+](=O)[O-])c1. The molecular formula is C19H21N3O6S. The summed E-state index contributed by atoms with van der Waals surface area (Å²) in [6, 6.07) is 10.4. The molecule has 9 nitrogen and oxygen atoms in total. The lowest BCUT2D eigenvalue weighted by Crippen LogP contribution is -2.28. The second kappa shape index (κ2) is 8.58. The summed E-state index contributed by atoms with van der Waals surface area (Å²) >= 11 is 0. The molecule has 1 heterocycles. The van der Waals surface area contributed by atoms with E-state index in [0.717, 1.165) is 12.8 Å². The largest absolute Gasteiger partial charge is 0.477 e. The van der Waals surface area contributed by atoms with Crippen LogP contribution in [0.15, 0.2) is 47.4 Å². The van der Waals surface area contributed by atoms with Crippen molar-refractivity contribution in [3.63, 3.8) is 0 Å². The van der Waals surface area contributed by atoms with Crippen LogP contribution in [0.2, 0.25) is 0 Å². The number of rotatable bonds is 7. The second-order valence-electron chi connectivity index (χ2n) is 6.70. The number of anilines is 1. The number of hydrogen-bond donors (Lipinski definition) is 1. The Morgan fingerprint density at radius 1 is 1.21 bits per heavy atom. The number of amides is 1. The van der Waals surface area contributed by atoms with Crippen molar-refractivity contribution in [1.82, 2.24) is 4.31 Å². The Kier molecular flexibility index (Phi) is 6.14. The van der Waals surface area contributed by atoms with Crippen molar-refractivity contribution in [3.8, 4) is 5.75 Å². The van der Waals surface area contributed by atoms with E-state index in [9.17, 15) is 23.3 Å². The quantitative estimate of drug-likeness (QED) is 0.544. The highest BCUT2D eigenvalue weighted by Crippen LogP contribution is 2.28. The molecule has 0 radical (unpaired) electrons. The van der Waals surface area contributed by atoms with Crippen molar-refractivity contribution in [1.29, 1.82) is 0 Å². The molecule has 1 saturated heterocycles. The van der Waals surface area contributed by atoms with Crippen LogP contribution in [-0.4, -0.2) is 43.2 Å². The van der Waals surface area contributed by atoms with E-state index in [1.165, 1.54) is 28.6 Å². The van der Waals surface area contributed by atoms with Gasteiger partial charge < -0.3 is 10.1 Å². The standard InChI is InChI=1S/C19H21N3O6S/c1-14-7-8-18(17(11-14)22(24)25)28-13-19(23)20-15-5-4-6-16(12-15)29(26,27)21-9-2-3-10-21/h4-8,11-12H,2-3,9-10,13H2,1H3,(H,20,23). The van der Waals surface area contributed by atoms with Crippen molar-refractivity contribution in [2.45, 2.75) is 24.7 Å². The molecule has 3 rings (SSSR count). The molecule has 0 atom stereocenters. The zero-order valence-corrected chi connectivity index (χ0v) is 16.6. The Balaban J connectivity index is 1.67. The summed E-state index contributed by atoms with van der Waals surface area (Å²) in [7, 11) is -3.60. The molecule has 1 amide bonds. The lowest BCUT2D eigenvalue weighted by Gasteiger charge is -2.16. The van der Waals surface area contributed by atoms with E-state index < -0.39 is 27.5 Å². The number of carbonyl (C=O) groups is 1. The fraction of sp³-hybridized carbons (Fsp3) is 0.316. The zero-order chi connectivity index (χ0) is 21.0. The summed E-state index contributed by atoms with van der Waals surface area (Å²) < 4.78 is 32.0. The number of nitro groups is 1. The van der Waals surface area contributed by atoms with E-state index in [1.54, 1.807) is 25.1 Å². The van der Waals surface area contributed by atoms with Crippen LogP contribution in [-0.2, 0) is 14.8 Å². The number of hydrogen-bond acceptors (Lipinski definition) is 6. The monoisotopic (exact) mass is 419 g/mol. The van der Waals surface area contributed by atoms with Gasteiger partial charge in [0.1, 0.15) is 0 Å². The van der Waals surface area contributed by atoms with Crippen LogP contribution in [0, 0.1) is 17.0 Å². The number of aryl methyl sites for hydroxylation is 1. The Morgan fingerprint density at radius 3 is 2.62 bits per heavy atom. The van der Waals surface area contributed by atoms with Crippen LogP contribution < -0.4 is 10.1 Å². The summed E-state index contributed by atoms with van der Waals surface area (Å²) in [5.41, 5.74) is 0.776. The minimum absolute atomic E-state index is 0.0129. The minimum Gasteiger partial charge on any atom is -0.477 e. The Labute approximate surface area is 168 Å². The van der Waals surface area contributed by atoms with E-state index >= 15 is 0 Å². The van der Waals surface area contributed by atoms with Crippen molar-refractivity contribution in [2.24, 2.45) is 0 Å². The molecule has 0 spiro atoms. The van der Waals surface area contributed by atoms with E-state index in [0.29, 0.717) is 24.3 Å². The van der Waals surface area contributed by atoms with Crippen molar-refractivity contribution >= 4 is 27.3 Å². The van der Waals surface area contributed by atoms with Gasteiger partial charge in [0, 0.05) is 24.8 Å². The average molecular weight is 419 g/mol. The summed E-state index contributed by atoms with van der Waals surface area (Å²) in [5, 5.41) is 13.7. The molecule has 0 aromatic heterocycles. The predicted octanol–water partition coefficient (Wildman–Crippen LogP) is 2.71. The maximum atomic E-state index is 12.6. The summed E-state index contributed by atoms with van der Waals surface area (Å²) in [6.07, 6.45) is 1.66. The third-order valence-electron chi connectivity index (χ3n) is 4.49. The van der Waals surface area contributed by atoms with E-state index in [1.807, 2.05) is 0 Å². The Hall–Kier alpha value is -2.98. The summed E-state index contributed by atoms with van der Waals surface area (Å²) in [5.74, 6) is -0.572. The Morgan fingerprint density at radius 2 is 1.93 bits per heavy atom. The molecule has 10 heteroatoms. The van der Waals surface area contributed by atoms with Crippen LogP contribution in [0.1, 0.15) is 18.4 Å². The highest BCUT2D eigenvalue weighted by Gasteiger charge is 2.27. The Bertz CT molecular complexity index is 1030. The van der Waals surface area contributed by atoms with Gasteiger partial charge in [0.15, 0.2) is 12.4 Å². The number of nitrogens with one attached hydrogen (secondary N) is 1. The number of carbonyl (C=O) groups excluding carboxylic acids is 1. The average Bonchev–Trinajstić information content (AvgIpc) is 3.23. The van der Waals surface area contributed by atoms with Gasteiger partial charge in [-0.05, 0) is 49.6 Å². The van der Waals surface area contributed by atoms with Gasteiger partial charge in [-0.2, -0.15) is 4.31 Å². The zero-order valence-electron chi connectivity index (χ0n) is 15.8. The van der Waals surface area contributed by atoms with Gasteiger partial charge >= 0.3 is 5.69 Å². The fourth-order valence-electron chi connectivity index (χ4n) is 3.04. The number of ether oxygens (including phenoxy) is 1. The lowest BCUT2D eigenvalue weighted by atomic mass is 10.2. The number of benzene rings is 2. The van der Waals surface area contributed by atoms with Gasteiger partial charge in [-0.1, -0.05) is 12.1 Å². The van der Waals surface area contributed by atoms with E-state index in [4.69, 9.17) is 4.74 Å². The molecule has 2 aromatic rings. The normalized spacial score (nSPS) is 14.5. The molecular weight excluding hydrogens is 398 g/mol. The van der Waals surface area contributed by atoms with Crippen LogP contribution in [0.5, 0.6) is 5.75 Å². The van der Waals surface area contributed by atoms with Gasteiger partial charge in [-0.3, -0.25) is 14.9 Å². The molecule has 0 aliphatic carbocycles. The minimum atomic E-state index is -3.60. The summed E-state index contributed by atoms with van der Waals surface area (Å²) in [4.78, 5) is 22.8. The maximum absolute atomic E-state index is 12.6. The highest BCUT2D eigenvalue weighted by molar-refractivity contribution is 7.89. The second-order valence-corrected chi connectivity index (χ2v) is 8.64. The van der Waals surface area contributed by atoms with Gasteiger partial charge in [0.2, 0.25) is 10.0 Å². The first-order valence-electron chi connectivity index (χ1n) is 9.05. The number of nitro benzene ring substituents is 1. The third-order valence-corrected chi connectivity index (χ3v) is 6.39. The molecule has 154 valence electrons. The fourth-order valence-corrected chi connectivity index (χ4v) is 4.61. The van der Waals surface area contributed by atoms with Gasteiger partial charge in [-0.15, -0.1) is 0 Å². The number of sulfonamides is 1. The molecule has 2 aromatic carbocycles. The van der Waals surface area contributed by atoms with Gasteiger partial charge in [-0.25, -0.2) is 8.42 Å². The van der Waals surface area contributed by atoms with Crippen LogP contribution in [0.25, 0.3) is 0 Å².